The topological polar surface area (TPSA) is 21.3 Å². The van der Waals surface area contributed by atoms with Gasteiger partial charge in [0.15, 0.2) is 11.6 Å². The van der Waals surface area contributed by atoms with Crippen molar-refractivity contribution in [3.63, 3.8) is 0 Å². The smallest absolute Gasteiger partial charge is 0.165 e. The maximum Gasteiger partial charge on any atom is 0.165 e. The molecule has 1 saturated carbocycles. The molecule has 0 aliphatic heterocycles. The van der Waals surface area contributed by atoms with Crippen LogP contribution in [-0.4, -0.2) is 19.7 Å². The Bertz CT molecular complexity index is 408. The Labute approximate surface area is 115 Å². The van der Waals surface area contributed by atoms with Crippen molar-refractivity contribution >= 4 is 0 Å². The van der Waals surface area contributed by atoms with Gasteiger partial charge < -0.3 is 10.1 Å². The van der Waals surface area contributed by atoms with Gasteiger partial charge >= 0.3 is 0 Å². The number of halogens is 1. The van der Waals surface area contributed by atoms with Crippen LogP contribution >= 0.6 is 0 Å². The van der Waals surface area contributed by atoms with E-state index in [4.69, 9.17) is 4.74 Å². The first-order valence-corrected chi connectivity index (χ1v) is 7.33. The van der Waals surface area contributed by atoms with Crippen molar-refractivity contribution < 1.29 is 9.13 Å². The summed E-state index contributed by atoms with van der Waals surface area (Å²) >= 11 is 0. The number of hydrogen-bond acceptors (Lipinski definition) is 2. The average molecular weight is 265 g/mol. The number of likely N-dealkylation sites (N-methyl/N-ethyl adjacent to an activating group) is 1. The Hall–Kier alpha value is -1.09. The van der Waals surface area contributed by atoms with E-state index in [1.807, 2.05) is 6.07 Å². The summed E-state index contributed by atoms with van der Waals surface area (Å²) in [6, 6.07) is 5.89. The molecule has 1 aromatic rings. The molecule has 0 radical (unpaired) electrons. The Kier molecular flexibility index (Phi) is 5.20. The molecule has 1 N–H and O–H groups in total. The molecule has 0 bridgehead atoms. The van der Waals surface area contributed by atoms with Crippen LogP contribution in [0, 0.1) is 5.82 Å². The van der Waals surface area contributed by atoms with E-state index in [2.05, 4.69) is 12.2 Å². The molecule has 2 unspecified atom stereocenters. The highest BCUT2D eigenvalue weighted by Gasteiger charge is 2.25. The third-order valence-electron chi connectivity index (χ3n) is 4.09. The Balaban J connectivity index is 2.22. The molecule has 106 valence electrons. The fraction of sp³-hybridized carbons (Fsp3) is 0.625. The maximum atomic E-state index is 13.9. The minimum absolute atomic E-state index is 0.250. The maximum absolute atomic E-state index is 13.9. The lowest BCUT2D eigenvalue weighted by atomic mass is 9.87. The predicted octanol–water partition coefficient (Wildman–Crippen LogP) is 3.86. The van der Waals surface area contributed by atoms with Gasteiger partial charge in [0, 0.05) is 6.04 Å². The van der Waals surface area contributed by atoms with Crippen LogP contribution in [-0.2, 0) is 0 Å². The molecule has 1 aromatic carbocycles. The summed E-state index contributed by atoms with van der Waals surface area (Å²) in [5.74, 6) is 0.500. The van der Waals surface area contributed by atoms with Gasteiger partial charge in [0.1, 0.15) is 0 Å². The van der Waals surface area contributed by atoms with Crippen LogP contribution in [0.1, 0.15) is 50.5 Å². The summed E-state index contributed by atoms with van der Waals surface area (Å²) in [6.45, 7) is 3.11. The first-order valence-electron chi connectivity index (χ1n) is 7.33. The van der Waals surface area contributed by atoms with Gasteiger partial charge in [0.25, 0.3) is 0 Å². The summed E-state index contributed by atoms with van der Waals surface area (Å²) in [7, 11) is 1.51. The molecule has 0 heterocycles. The van der Waals surface area contributed by atoms with Crippen molar-refractivity contribution in [3.05, 3.63) is 29.6 Å². The SMILES string of the molecule is CCNC1CCCCCC1c1ccc(OC)c(F)c1. The van der Waals surface area contributed by atoms with Crippen molar-refractivity contribution in [3.8, 4) is 5.75 Å². The van der Waals surface area contributed by atoms with Gasteiger partial charge in [-0.3, -0.25) is 0 Å². The molecule has 2 rings (SSSR count). The van der Waals surface area contributed by atoms with Crippen molar-refractivity contribution in [2.45, 2.75) is 51.0 Å². The molecule has 2 nitrogen and oxygen atoms in total. The quantitative estimate of drug-likeness (QED) is 0.835. The summed E-state index contributed by atoms with van der Waals surface area (Å²) in [5.41, 5.74) is 1.10. The number of hydrogen-bond donors (Lipinski definition) is 1. The van der Waals surface area contributed by atoms with Crippen LogP contribution in [0.25, 0.3) is 0 Å². The lowest BCUT2D eigenvalue weighted by molar-refractivity contribution is 0.383. The van der Waals surface area contributed by atoms with Crippen LogP contribution in [0.2, 0.25) is 0 Å². The second-order valence-electron chi connectivity index (χ2n) is 5.30. The lowest BCUT2D eigenvalue weighted by Gasteiger charge is -2.26. The van der Waals surface area contributed by atoms with E-state index in [0.717, 1.165) is 18.5 Å². The van der Waals surface area contributed by atoms with Crippen LogP contribution in [0.15, 0.2) is 18.2 Å². The minimum atomic E-state index is -0.250. The van der Waals surface area contributed by atoms with Crippen LogP contribution < -0.4 is 10.1 Å². The summed E-state index contributed by atoms with van der Waals surface area (Å²) in [4.78, 5) is 0. The first-order chi connectivity index (χ1) is 9.26. The van der Waals surface area contributed by atoms with Gasteiger partial charge in [-0.25, -0.2) is 4.39 Å². The predicted molar refractivity (Wildman–Crippen MR) is 76.2 cm³/mol. The molecule has 0 saturated heterocycles. The van der Waals surface area contributed by atoms with Crippen LogP contribution in [0.4, 0.5) is 4.39 Å². The Morgan fingerprint density at radius 1 is 1.26 bits per heavy atom. The summed E-state index contributed by atoms with van der Waals surface area (Å²) < 4.78 is 18.9. The van der Waals surface area contributed by atoms with E-state index in [0.29, 0.717) is 17.7 Å². The molecular formula is C16H24FNO. The largest absolute Gasteiger partial charge is 0.494 e. The van der Waals surface area contributed by atoms with Gasteiger partial charge in [0.05, 0.1) is 7.11 Å². The number of rotatable bonds is 4. The third-order valence-corrected chi connectivity index (χ3v) is 4.09. The second-order valence-corrected chi connectivity index (χ2v) is 5.30. The third kappa shape index (κ3) is 3.47. The summed E-state index contributed by atoms with van der Waals surface area (Å²) in [6.07, 6.45) is 6.12. The lowest BCUT2D eigenvalue weighted by Crippen LogP contribution is -2.34. The molecule has 2 atom stereocenters. The second kappa shape index (κ2) is 6.90. The molecule has 0 aromatic heterocycles. The highest BCUT2D eigenvalue weighted by atomic mass is 19.1. The number of ether oxygens (including phenoxy) is 1. The molecule has 1 fully saturated rings. The van der Waals surface area contributed by atoms with Crippen molar-refractivity contribution in [1.82, 2.24) is 5.32 Å². The first kappa shape index (κ1) is 14.3. The van der Waals surface area contributed by atoms with E-state index in [-0.39, 0.29) is 5.82 Å². The molecular weight excluding hydrogens is 241 g/mol. The highest BCUT2D eigenvalue weighted by Crippen LogP contribution is 2.33. The van der Waals surface area contributed by atoms with Gasteiger partial charge in [-0.05, 0) is 43.0 Å². The van der Waals surface area contributed by atoms with Gasteiger partial charge in [0.2, 0.25) is 0 Å². The zero-order valence-corrected chi connectivity index (χ0v) is 11.9. The van der Waals surface area contributed by atoms with E-state index in [1.165, 1.54) is 32.8 Å². The van der Waals surface area contributed by atoms with Crippen LogP contribution in [0.5, 0.6) is 5.75 Å². The molecule has 1 aliphatic rings. The highest BCUT2D eigenvalue weighted by molar-refractivity contribution is 5.32. The zero-order chi connectivity index (χ0) is 13.7. The number of benzene rings is 1. The van der Waals surface area contributed by atoms with Crippen molar-refractivity contribution in [2.75, 3.05) is 13.7 Å². The fourth-order valence-corrected chi connectivity index (χ4v) is 3.13. The van der Waals surface area contributed by atoms with Gasteiger partial charge in [-0.15, -0.1) is 0 Å². The molecule has 1 aliphatic carbocycles. The van der Waals surface area contributed by atoms with E-state index in [1.54, 1.807) is 12.1 Å². The van der Waals surface area contributed by atoms with Crippen molar-refractivity contribution in [2.24, 2.45) is 0 Å². The molecule has 0 spiro atoms. The molecule has 19 heavy (non-hydrogen) atoms. The number of nitrogens with one attached hydrogen (secondary N) is 1. The van der Waals surface area contributed by atoms with E-state index >= 15 is 0 Å². The Morgan fingerprint density at radius 3 is 2.74 bits per heavy atom. The van der Waals surface area contributed by atoms with Gasteiger partial charge in [-0.1, -0.05) is 32.3 Å². The Morgan fingerprint density at radius 2 is 2.05 bits per heavy atom. The molecule has 3 heteroatoms. The average Bonchev–Trinajstić information content (AvgIpc) is 2.64. The van der Waals surface area contributed by atoms with Crippen LogP contribution in [0.3, 0.4) is 0 Å². The fourth-order valence-electron chi connectivity index (χ4n) is 3.13. The van der Waals surface area contributed by atoms with E-state index < -0.39 is 0 Å². The molecule has 0 amide bonds. The zero-order valence-electron chi connectivity index (χ0n) is 11.9. The van der Waals surface area contributed by atoms with Crippen molar-refractivity contribution in [1.29, 1.82) is 0 Å². The monoisotopic (exact) mass is 265 g/mol. The van der Waals surface area contributed by atoms with Gasteiger partial charge in [-0.2, -0.15) is 0 Å². The van der Waals surface area contributed by atoms with E-state index in [9.17, 15) is 4.39 Å². The normalized spacial score (nSPS) is 23.9. The standard InChI is InChI=1S/C16H24FNO/c1-3-18-15-8-6-4-5-7-13(15)12-9-10-16(19-2)14(17)11-12/h9-11,13,15,18H,3-8H2,1-2H3. The minimum Gasteiger partial charge on any atom is -0.494 e. The summed E-state index contributed by atoms with van der Waals surface area (Å²) in [5, 5.41) is 3.57. The number of methoxy groups -OCH3 is 1.